The zero-order valence-corrected chi connectivity index (χ0v) is 12.3. The number of hydrogen-bond acceptors (Lipinski definition) is 2. The molecule has 21 heavy (non-hydrogen) atoms. The van der Waals surface area contributed by atoms with E-state index in [0.29, 0.717) is 5.56 Å². The Morgan fingerprint density at radius 1 is 1.14 bits per heavy atom. The normalized spacial score (nSPS) is 13.7. The second-order valence-corrected chi connectivity index (χ2v) is 5.43. The maximum atomic E-state index is 11.6. The lowest BCUT2D eigenvalue weighted by molar-refractivity contribution is 0.0963. The van der Waals surface area contributed by atoms with Crippen LogP contribution in [0.25, 0.3) is 0 Å². The summed E-state index contributed by atoms with van der Waals surface area (Å²) < 4.78 is 0. The molecule has 1 aliphatic heterocycles. The topological polar surface area (TPSA) is 32.3 Å². The summed E-state index contributed by atoms with van der Waals surface area (Å²) >= 11 is 0. The minimum Gasteiger partial charge on any atom is -0.367 e. The van der Waals surface area contributed by atoms with Gasteiger partial charge in [-0.05, 0) is 42.2 Å². The summed E-state index contributed by atoms with van der Waals surface area (Å²) in [6.07, 6.45) is 2.37. The van der Waals surface area contributed by atoms with Crippen molar-refractivity contribution >= 4 is 11.6 Å². The van der Waals surface area contributed by atoms with E-state index in [1.807, 2.05) is 24.3 Å². The maximum Gasteiger partial charge on any atom is 0.251 e. The van der Waals surface area contributed by atoms with E-state index in [0.717, 1.165) is 13.1 Å². The van der Waals surface area contributed by atoms with E-state index >= 15 is 0 Å². The van der Waals surface area contributed by atoms with Crippen molar-refractivity contribution in [2.24, 2.45) is 0 Å². The first-order chi connectivity index (χ1) is 10.3. The molecule has 108 valence electrons. The molecule has 0 saturated heterocycles. The third-order valence-corrected chi connectivity index (χ3v) is 4.02. The minimum atomic E-state index is -0.0372. The van der Waals surface area contributed by atoms with Gasteiger partial charge in [0.2, 0.25) is 0 Å². The van der Waals surface area contributed by atoms with Gasteiger partial charge < -0.3 is 10.2 Å². The summed E-state index contributed by atoms with van der Waals surface area (Å²) in [5.74, 6) is -0.0372. The molecular weight excluding hydrogens is 260 g/mol. The number of para-hydroxylation sites is 1. The molecule has 2 aromatic rings. The van der Waals surface area contributed by atoms with Crippen LogP contribution in [0, 0.1) is 0 Å². The third kappa shape index (κ3) is 2.92. The Kier molecular flexibility index (Phi) is 3.91. The summed E-state index contributed by atoms with van der Waals surface area (Å²) in [5, 5.41) is 2.65. The number of nitrogens with one attached hydrogen (secondary N) is 1. The SMILES string of the molecule is CNC(=O)c1ccc(CN2CCCc3ccccc32)cc1. The van der Waals surface area contributed by atoms with Crippen molar-refractivity contribution in [3.63, 3.8) is 0 Å². The number of hydrogen-bond donors (Lipinski definition) is 1. The maximum absolute atomic E-state index is 11.6. The smallest absolute Gasteiger partial charge is 0.251 e. The van der Waals surface area contributed by atoms with Crippen molar-refractivity contribution in [2.45, 2.75) is 19.4 Å². The van der Waals surface area contributed by atoms with E-state index < -0.39 is 0 Å². The van der Waals surface area contributed by atoms with E-state index in [4.69, 9.17) is 0 Å². The zero-order valence-electron chi connectivity index (χ0n) is 12.3. The predicted molar refractivity (Wildman–Crippen MR) is 85.6 cm³/mol. The summed E-state index contributed by atoms with van der Waals surface area (Å²) in [6.45, 7) is 1.99. The van der Waals surface area contributed by atoms with Gasteiger partial charge in [-0.25, -0.2) is 0 Å². The minimum absolute atomic E-state index is 0.0372. The monoisotopic (exact) mass is 280 g/mol. The van der Waals surface area contributed by atoms with Crippen molar-refractivity contribution in [1.29, 1.82) is 0 Å². The summed E-state index contributed by atoms with van der Waals surface area (Å²) in [4.78, 5) is 14.0. The highest BCUT2D eigenvalue weighted by Crippen LogP contribution is 2.28. The van der Waals surface area contributed by atoms with Crippen molar-refractivity contribution in [2.75, 3.05) is 18.5 Å². The zero-order chi connectivity index (χ0) is 14.7. The van der Waals surface area contributed by atoms with Gasteiger partial charge in [-0.15, -0.1) is 0 Å². The average Bonchev–Trinajstić information content (AvgIpc) is 2.55. The van der Waals surface area contributed by atoms with Crippen LogP contribution in [0.15, 0.2) is 48.5 Å². The molecule has 3 nitrogen and oxygen atoms in total. The van der Waals surface area contributed by atoms with Gasteiger partial charge in [0.1, 0.15) is 0 Å². The lowest BCUT2D eigenvalue weighted by Crippen LogP contribution is -2.28. The molecule has 0 aliphatic carbocycles. The van der Waals surface area contributed by atoms with Crippen LogP contribution in [-0.4, -0.2) is 19.5 Å². The molecule has 0 fully saturated rings. The van der Waals surface area contributed by atoms with Gasteiger partial charge in [0, 0.05) is 31.4 Å². The van der Waals surface area contributed by atoms with Crippen LogP contribution in [0.5, 0.6) is 0 Å². The predicted octanol–water partition coefficient (Wildman–Crippen LogP) is 3.00. The van der Waals surface area contributed by atoms with Gasteiger partial charge in [0.05, 0.1) is 0 Å². The van der Waals surface area contributed by atoms with Crippen LogP contribution in [0.4, 0.5) is 5.69 Å². The molecule has 1 amide bonds. The lowest BCUT2D eigenvalue weighted by Gasteiger charge is -2.31. The molecule has 3 heteroatoms. The number of carbonyl (C=O) groups excluding carboxylic acids is 1. The Balaban J connectivity index is 1.77. The van der Waals surface area contributed by atoms with Gasteiger partial charge >= 0.3 is 0 Å². The van der Waals surface area contributed by atoms with Gasteiger partial charge in [0.25, 0.3) is 5.91 Å². The quantitative estimate of drug-likeness (QED) is 0.937. The average molecular weight is 280 g/mol. The molecule has 0 unspecified atom stereocenters. The molecule has 2 aromatic carbocycles. The van der Waals surface area contributed by atoms with E-state index in [1.54, 1.807) is 7.05 Å². The summed E-state index contributed by atoms with van der Waals surface area (Å²) in [5.41, 5.74) is 4.73. The molecule has 0 aromatic heterocycles. The van der Waals surface area contributed by atoms with Crippen LogP contribution in [0.3, 0.4) is 0 Å². The van der Waals surface area contributed by atoms with Crippen molar-refractivity contribution in [1.82, 2.24) is 5.32 Å². The lowest BCUT2D eigenvalue weighted by atomic mass is 10.0. The molecule has 3 rings (SSSR count). The van der Waals surface area contributed by atoms with E-state index in [1.165, 1.54) is 29.7 Å². The number of amides is 1. The molecule has 0 atom stereocenters. The van der Waals surface area contributed by atoms with Gasteiger partial charge in [-0.2, -0.15) is 0 Å². The fourth-order valence-electron chi connectivity index (χ4n) is 2.90. The Morgan fingerprint density at radius 2 is 1.90 bits per heavy atom. The highest BCUT2D eigenvalue weighted by Gasteiger charge is 2.16. The summed E-state index contributed by atoms with van der Waals surface area (Å²) in [7, 11) is 1.65. The molecule has 0 radical (unpaired) electrons. The molecular formula is C18H20N2O. The van der Waals surface area contributed by atoms with E-state index in [9.17, 15) is 4.79 Å². The Morgan fingerprint density at radius 3 is 2.67 bits per heavy atom. The first-order valence-corrected chi connectivity index (χ1v) is 7.42. The fraction of sp³-hybridized carbons (Fsp3) is 0.278. The van der Waals surface area contributed by atoms with E-state index in [2.05, 4.69) is 34.5 Å². The van der Waals surface area contributed by atoms with Crippen LogP contribution in [-0.2, 0) is 13.0 Å². The fourth-order valence-corrected chi connectivity index (χ4v) is 2.90. The molecule has 1 heterocycles. The second kappa shape index (κ2) is 6.00. The molecule has 1 aliphatic rings. The van der Waals surface area contributed by atoms with Crippen molar-refractivity contribution in [3.05, 3.63) is 65.2 Å². The van der Waals surface area contributed by atoms with Crippen LogP contribution < -0.4 is 10.2 Å². The van der Waals surface area contributed by atoms with Gasteiger partial charge in [0.15, 0.2) is 0 Å². The Bertz CT molecular complexity index is 634. The Hall–Kier alpha value is -2.29. The first kappa shape index (κ1) is 13.7. The number of nitrogens with zero attached hydrogens (tertiary/aromatic N) is 1. The first-order valence-electron chi connectivity index (χ1n) is 7.42. The number of aryl methyl sites for hydroxylation is 1. The van der Waals surface area contributed by atoms with E-state index in [-0.39, 0.29) is 5.91 Å². The Labute approximate surface area is 125 Å². The van der Waals surface area contributed by atoms with Crippen LogP contribution in [0.1, 0.15) is 27.9 Å². The van der Waals surface area contributed by atoms with Crippen molar-refractivity contribution < 1.29 is 4.79 Å². The third-order valence-electron chi connectivity index (χ3n) is 4.02. The van der Waals surface area contributed by atoms with Crippen molar-refractivity contribution in [3.8, 4) is 0 Å². The number of fused-ring (bicyclic) bond motifs is 1. The largest absolute Gasteiger partial charge is 0.367 e. The number of benzene rings is 2. The highest BCUT2D eigenvalue weighted by molar-refractivity contribution is 5.93. The number of carbonyl (C=O) groups is 1. The molecule has 0 saturated carbocycles. The molecule has 0 spiro atoms. The van der Waals surface area contributed by atoms with Crippen LogP contribution in [0.2, 0.25) is 0 Å². The van der Waals surface area contributed by atoms with Gasteiger partial charge in [-0.3, -0.25) is 4.79 Å². The van der Waals surface area contributed by atoms with Gasteiger partial charge in [-0.1, -0.05) is 30.3 Å². The summed E-state index contributed by atoms with van der Waals surface area (Å²) in [6, 6.07) is 16.5. The van der Waals surface area contributed by atoms with Crippen LogP contribution >= 0.6 is 0 Å². The molecule has 0 bridgehead atoms. The second-order valence-electron chi connectivity index (χ2n) is 5.43. The number of rotatable bonds is 3. The standard InChI is InChI=1S/C18H20N2O/c1-19-18(21)16-10-8-14(9-11-16)13-20-12-4-6-15-5-2-3-7-17(15)20/h2-3,5,7-11H,4,6,12-13H2,1H3,(H,19,21). The molecule has 1 N–H and O–H groups in total. The highest BCUT2D eigenvalue weighted by atomic mass is 16.1. The number of anilines is 1.